The number of hydrogen-bond donors (Lipinski definition) is 1. The van der Waals surface area contributed by atoms with E-state index in [2.05, 4.69) is 17.2 Å². The maximum Gasteiger partial charge on any atom is 0.134 e. The van der Waals surface area contributed by atoms with E-state index in [1.165, 1.54) is 4.88 Å². The van der Waals surface area contributed by atoms with Gasteiger partial charge in [0, 0.05) is 6.42 Å². The van der Waals surface area contributed by atoms with E-state index in [-0.39, 0.29) is 6.04 Å². The zero-order valence-corrected chi connectivity index (χ0v) is 9.57. The molecule has 1 atom stereocenters. The van der Waals surface area contributed by atoms with Crippen LogP contribution in [-0.2, 0) is 0 Å². The molecule has 3 heteroatoms. The van der Waals surface area contributed by atoms with Crippen LogP contribution >= 0.6 is 11.3 Å². The van der Waals surface area contributed by atoms with E-state index in [1.54, 1.807) is 18.4 Å². The third-order valence-corrected chi connectivity index (χ3v) is 3.04. The molecule has 0 bridgehead atoms. The smallest absolute Gasteiger partial charge is 0.134 e. The largest absolute Gasteiger partial charge is 0.496 e. The minimum Gasteiger partial charge on any atom is -0.496 e. The molecule has 1 unspecified atom stereocenters. The Bertz CT molecular complexity index is 335. The monoisotopic (exact) mass is 209 g/mol. The quantitative estimate of drug-likeness (QED) is 0.769. The Morgan fingerprint density at radius 1 is 1.64 bits per heavy atom. The van der Waals surface area contributed by atoms with E-state index in [0.717, 1.165) is 12.2 Å². The predicted molar refractivity (Wildman–Crippen MR) is 60.7 cm³/mol. The summed E-state index contributed by atoms with van der Waals surface area (Å²) >= 11 is 1.70. The number of hydrogen-bond acceptors (Lipinski definition) is 3. The van der Waals surface area contributed by atoms with Crippen LogP contribution in [0.4, 0.5) is 0 Å². The van der Waals surface area contributed by atoms with Gasteiger partial charge in [-0.15, -0.1) is 23.2 Å². The highest BCUT2D eigenvalue weighted by Gasteiger charge is 2.14. The third kappa shape index (κ3) is 2.50. The summed E-state index contributed by atoms with van der Waals surface area (Å²) in [5, 5.41) is 5.28. The summed E-state index contributed by atoms with van der Waals surface area (Å²) < 4.78 is 5.27. The molecule has 2 nitrogen and oxygen atoms in total. The first-order valence-electron chi connectivity index (χ1n) is 4.51. The molecule has 1 aromatic heterocycles. The van der Waals surface area contributed by atoms with Crippen LogP contribution in [0.15, 0.2) is 11.4 Å². The van der Waals surface area contributed by atoms with E-state index >= 15 is 0 Å². The average Bonchev–Trinajstić information content (AvgIpc) is 2.67. The molecule has 0 spiro atoms. The fraction of sp³-hybridized carbons (Fsp3) is 0.455. The first-order chi connectivity index (χ1) is 6.83. The Labute approximate surface area is 89.3 Å². The molecule has 0 aliphatic heterocycles. The Hall–Kier alpha value is -0.980. The van der Waals surface area contributed by atoms with Gasteiger partial charge in [0.15, 0.2) is 0 Å². The maximum atomic E-state index is 5.27. The minimum atomic E-state index is 0.275. The molecule has 0 saturated carbocycles. The summed E-state index contributed by atoms with van der Waals surface area (Å²) in [4.78, 5) is 1.22. The summed E-state index contributed by atoms with van der Waals surface area (Å²) in [6.07, 6.45) is 0.823. The molecule has 0 aliphatic rings. The lowest BCUT2D eigenvalue weighted by Crippen LogP contribution is -2.15. The molecule has 1 heterocycles. The fourth-order valence-electron chi connectivity index (χ4n) is 1.26. The topological polar surface area (TPSA) is 21.3 Å². The second-order valence-corrected chi connectivity index (χ2v) is 3.77. The van der Waals surface area contributed by atoms with Gasteiger partial charge >= 0.3 is 0 Å². The lowest BCUT2D eigenvalue weighted by molar-refractivity contribution is 0.406. The zero-order valence-electron chi connectivity index (χ0n) is 8.76. The Kier molecular flexibility index (Phi) is 4.51. The maximum absolute atomic E-state index is 5.27. The van der Waals surface area contributed by atoms with Gasteiger partial charge in [0.2, 0.25) is 0 Å². The van der Waals surface area contributed by atoms with Gasteiger partial charge < -0.3 is 10.1 Å². The number of thiophene rings is 1. The summed E-state index contributed by atoms with van der Waals surface area (Å²) in [7, 11) is 3.64. The van der Waals surface area contributed by atoms with Crippen LogP contribution in [0.3, 0.4) is 0 Å². The molecule has 0 amide bonds. The molecule has 0 fully saturated rings. The zero-order chi connectivity index (χ0) is 10.4. The molecule has 0 aromatic carbocycles. The van der Waals surface area contributed by atoms with Crippen molar-refractivity contribution in [3.63, 3.8) is 0 Å². The molecule has 1 N–H and O–H groups in total. The molecule has 0 radical (unpaired) electrons. The van der Waals surface area contributed by atoms with Gasteiger partial charge in [0.05, 0.1) is 18.0 Å². The van der Waals surface area contributed by atoms with E-state index < -0.39 is 0 Å². The fourth-order valence-corrected chi connectivity index (χ4v) is 2.23. The van der Waals surface area contributed by atoms with Crippen molar-refractivity contribution in [3.8, 4) is 17.6 Å². The lowest BCUT2D eigenvalue weighted by Gasteiger charge is -2.12. The van der Waals surface area contributed by atoms with Crippen LogP contribution in [-0.4, -0.2) is 14.2 Å². The van der Waals surface area contributed by atoms with Crippen LogP contribution in [0.2, 0.25) is 0 Å². The summed E-state index contributed by atoms with van der Waals surface area (Å²) in [6, 6.07) is 2.27. The van der Waals surface area contributed by atoms with Crippen molar-refractivity contribution in [3.05, 3.63) is 16.3 Å². The molecular weight excluding hydrogens is 194 g/mol. The molecule has 0 aliphatic carbocycles. The second-order valence-electron chi connectivity index (χ2n) is 2.83. The molecule has 14 heavy (non-hydrogen) atoms. The molecule has 1 aromatic rings. The first-order valence-corrected chi connectivity index (χ1v) is 5.39. The van der Waals surface area contributed by atoms with Crippen LogP contribution < -0.4 is 10.1 Å². The van der Waals surface area contributed by atoms with Gasteiger partial charge in [-0.3, -0.25) is 0 Å². The van der Waals surface area contributed by atoms with E-state index in [9.17, 15) is 0 Å². The third-order valence-electron chi connectivity index (χ3n) is 2.03. The van der Waals surface area contributed by atoms with Crippen molar-refractivity contribution in [1.29, 1.82) is 0 Å². The van der Waals surface area contributed by atoms with Gasteiger partial charge in [-0.2, -0.15) is 0 Å². The van der Waals surface area contributed by atoms with E-state index in [1.807, 2.05) is 25.4 Å². The molecule has 76 valence electrons. The number of nitrogens with one attached hydrogen (secondary N) is 1. The van der Waals surface area contributed by atoms with Crippen molar-refractivity contribution >= 4 is 11.3 Å². The van der Waals surface area contributed by atoms with Crippen molar-refractivity contribution in [1.82, 2.24) is 5.32 Å². The Morgan fingerprint density at radius 2 is 2.43 bits per heavy atom. The second kappa shape index (κ2) is 5.69. The van der Waals surface area contributed by atoms with E-state index in [4.69, 9.17) is 4.74 Å². The van der Waals surface area contributed by atoms with Gasteiger partial charge in [0.25, 0.3) is 0 Å². The highest BCUT2D eigenvalue weighted by molar-refractivity contribution is 7.10. The highest BCUT2D eigenvalue weighted by atomic mass is 32.1. The van der Waals surface area contributed by atoms with Gasteiger partial charge in [-0.1, -0.05) is 0 Å². The van der Waals surface area contributed by atoms with Crippen LogP contribution in [0.25, 0.3) is 0 Å². The van der Waals surface area contributed by atoms with Gasteiger partial charge in [0.1, 0.15) is 5.75 Å². The summed E-state index contributed by atoms with van der Waals surface area (Å²) in [5.74, 6) is 6.93. The lowest BCUT2D eigenvalue weighted by atomic mass is 10.1. The average molecular weight is 209 g/mol. The Morgan fingerprint density at radius 3 is 3.00 bits per heavy atom. The standard InChI is InChI=1S/C11H15NOS/c1-4-5-6-9(12-2)11-10(13-3)7-8-14-11/h7-9,12H,6H2,1-3H3. The van der Waals surface area contributed by atoms with Crippen LogP contribution in [0.1, 0.15) is 24.3 Å². The van der Waals surface area contributed by atoms with E-state index in [0.29, 0.717) is 0 Å². The molecule has 1 rings (SSSR count). The normalized spacial score (nSPS) is 11.6. The van der Waals surface area contributed by atoms with Crippen LogP contribution in [0.5, 0.6) is 5.75 Å². The van der Waals surface area contributed by atoms with Crippen molar-refractivity contribution in [2.75, 3.05) is 14.2 Å². The van der Waals surface area contributed by atoms with Crippen LogP contribution in [0, 0.1) is 11.8 Å². The highest BCUT2D eigenvalue weighted by Crippen LogP contribution is 2.31. The predicted octanol–water partition coefficient (Wildman–Crippen LogP) is 2.43. The first kappa shape index (κ1) is 11.1. The van der Waals surface area contributed by atoms with Gasteiger partial charge in [-0.05, 0) is 25.4 Å². The number of rotatable bonds is 4. The minimum absolute atomic E-state index is 0.275. The number of methoxy groups -OCH3 is 1. The molecular formula is C11H15NOS. The number of ether oxygens (including phenoxy) is 1. The van der Waals surface area contributed by atoms with Crippen molar-refractivity contribution in [2.24, 2.45) is 0 Å². The van der Waals surface area contributed by atoms with Crippen molar-refractivity contribution < 1.29 is 4.74 Å². The summed E-state index contributed by atoms with van der Waals surface area (Å²) in [5.41, 5.74) is 0. The van der Waals surface area contributed by atoms with Gasteiger partial charge in [-0.25, -0.2) is 0 Å². The SMILES string of the molecule is CC#CCC(NC)c1sccc1OC. The Balaban J connectivity index is 2.80. The molecule has 0 saturated heterocycles. The summed E-state index contributed by atoms with van der Waals surface area (Å²) in [6.45, 7) is 1.86. The van der Waals surface area contributed by atoms with Crippen molar-refractivity contribution in [2.45, 2.75) is 19.4 Å².